The molecule has 1 amide bonds. The number of carbonyl (C=O) groups is 1. The molecule has 1 fully saturated rings. The van der Waals surface area contributed by atoms with Crippen LogP contribution < -0.4 is 5.56 Å². The molecule has 1 saturated carbocycles. The summed E-state index contributed by atoms with van der Waals surface area (Å²) >= 11 is 0. The van der Waals surface area contributed by atoms with Crippen molar-refractivity contribution in [3.63, 3.8) is 0 Å². The Bertz CT molecular complexity index is 804. The number of H-pyrrole nitrogens is 1. The van der Waals surface area contributed by atoms with Gasteiger partial charge in [-0.3, -0.25) is 9.59 Å². The third kappa shape index (κ3) is 4.19. The van der Waals surface area contributed by atoms with Gasteiger partial charge >= 0.3 is 0 Å². The number of amides is 1. The molecule has 1 aliphatic rings. The summed E-state index contributed by atoms with van der Waals surface area (Å²) in [5, 5.41) is 0. The molecular weight excluding hydrogens is 312 g/mol. The Morgan fingerprint density at radius 3 is 2.56 bits per heavy atom. The number of aromatic amines is 1. The largest absolute Gasteiger partial charge is 0.331 e. The van der Waals surface area contributed by atoms with Gasteiger partial charge in [-0.25, -0.2) is 0 Å². The molecule has 2 aromatic rings. The maximum atomic E-state index is 13.2. The van der Waals surface area contributed by atoms with Crippen LogP contribution in [0.2, 0.25) is 0 Å². The molecule has 4 heteroatoms. The van der Waals surface area contributed by atoms with Crippen LogP contribution in [0.3, 0.4) is 0 Å². The summed E-state index contributed by atoms with van der Waals surface area (Å²) in [5.74, 6) is -0.158. The molecule has 0 atom stereocenters. The zero-order chi connectivity index (χ0) is 17.8. The van der Waals surface area contributed by atoms with Gasteiger partial charge in [0.15, 0.2) is 0 Å². The minimum atomic E-state index is -0.296. The van der Waals surface area contributed by atoms with Crippen molar-refractivity contribution >= 4 is 5.91 Å². The topological polar surface area (TPSA) is 53.2 Å². The van der Waals surface area contributed by atoms with E-state index in [1.165, 1.54) is 12.0 Å². The summed E-state index contributed by atoms with van der Waals surface area (Å²) in [6, 6.07) is 11.9. The molecule has 0 bridgehead atoms. The fourth-order valence-corrected chi connectivity index (χ4v) is 3.66. The van der Waals surface area contributed by atoms with E-state index in [4.69, 9.17) is 0 Å². The van der Waals surface area contributed by atoms with Gasteiger partial charge in [-0.1, -0.05) is 49.1 Å². The molecule has 25 heavy (non-hydrogen) atoms. The third-order valence-corrected chi connectivity index (χ3v) is 5.00. The normalized spacial score (nSPS) is 15.1. The monoisotopic (exact) mass is 338 g/mol. The van der Waals surface area contributed by atoms with E-state index in [0.717, 1.165) is 36.9 Å². The number of nitrogens with zero attached hydrogens (tertiary/aromatic N) is 1. The van der Waals surface area contributed by atoms with Gasteiger partial charge in [-0.2, -0.15) is 0 Å². The quantitative estimate of drug-likeness (QED) is 0.917. The van der Waals surface area contributed by atoms with Crippen molar-refractivity contribution < 1.29 is 4.79 Å². The lowest BCUT2D eigenvalue weighted by atomic mass is 9.93. The second-order valence-electron chi connectivity index (χ2n) is 7.10. The first-order chi connectivity index (χ1) is 12.0. The van der Waals surface area contributed by atoms with Crippen molar-refractivity contribution in [1.29, 1.82) is 0 Å². The molecule has 0 saturated heterocycles. The van der Waals surface area contributed by atoms with Crippen LogP contribution >= 0.6 is 0 Å². The Hall–Kier alpha value is -2.36. The predicted molar refractivity (Wildman–Crippen MR) is 99.7 cm³/mol. The van der Waals surface area contributed by atoms with E-state index >= 15 is 0 Å². The summed E-state index contributed by atoms with van der Waals surface area (Å²) in [7, 11) is 0. The van der Waals surface area contributed by atoms with E-state index in [2.05, 4.69) is 30.1 Å². The van der Waals surface area contributed by atoms with E-state index in [1.807, 2.05) is 17.9 Å². The van der Waals surface area contributed by atoms with Crippen molar-refractivity contribution in [2.75, 3.05) is 0 Å². The van der Waals surface area contributed by atoms with Gasteiger partial charge in [0.1, 0.15) is 5.56 Å². The van der Waals surface area contributed by atoms with E-state index in [1.54, 1.807) is 12.1 Å². The number of benzene rings is 1. The van der Waals surface area contributed by atoms with Crippen molar-refractivity contribution in [3.8, 4) is 0 Å². The molecule has 0 spiro atoms. The Morgan fingerprint density at radius 1 is 1.12 bits per heavy atom. The van der Waals surface area contributed by atoms with Crippen LogP contribution in [0.1, 0.15) is 59.3 Å². The zero-order valence-corrected chi connectivity index (χ0v) is 15.0. The molecule has 0 unspecified atom stereocenters. The average molecular weight is 338 g/mol. The maximum absolute atomic E-state index is 13.2. The lowest BCUT2D eigenvalue weighted by Crippen LogP contribution is -2.42. The van der Waals surface area contributed by atoms with Crippen molar-refractivity contribution in [2.45, 2.75) is 58.5 Å². The lowest BCUT2D eigenvalue weighted by molar-refractivity contribution is 0.0612. The van der Waals surface area contributed by atoms with E-state index in [0.29, 0.717) is 6.54 Å². The maximum Gasteiger partial charge on any atom is 0.260 e. The van der Waals surface area contributed by atoms with Gasteiger partial charge in [0, 0.05) is 18.3 Å². The molecule has 0 aliphatic heterocycles. The van der Waals surface area contributed by atoms with Gasteiger partial charge in [-0.15, -0.1) is 0 Å². The van der Waals surface area contributed by atoms with Gasteiger partial charge in [-0.05, 0) is 44.4 Å². The van der Waals surface area contributed by atoms with Crippen LogP contribution in [-0.4, -0.2) is 21.8 Å². The van der Waals surface area contributed by atoms with E-state index in [9.17, 15) is 9.59 Å². The van der Waals surface area contributed by atoms with Gasteiger partial charge in [0.25, 0.3) is 11.5 Å². The fraction of sp³-hybridized carbons (Fsp3) is 0.429. The second-order valence-corrected chi connectivity index (χ2v) is 7.10. The number of nitrogens with one attached hydrogen (secondary N) is 1. The highest BCUT2D eigenvalue weighted by Crippen LogP contribution is 2.25. The fourth-order valence-electron chi connectivity index (χ4n) is 3.66. The zero-order valence-electron chi connectivity index (χ0n) is 15.0. The Kier molecular flexibility index (Phi) is 5.37. The number of hydrogen-bond donors (Lipinski definition) is 1. The van der Waals surface area contributed by atoms with Gasteiger partial charge < -0.3 is 9.88 Å². The number of aromatic nitrogens is 1. The molecule has 4 nitrogen and oxygen atoms in total. The summed E-state index contributed by atoms with van der Waals surface area (Å²) in [5.41, 5.74) is 3.01. The minimum Gasteiger partial charge on any atom is -0.331 e. The highest BCUT2D eigenvalue weighted by atomic mass is 16.2. The smallest absolute Gasteiger partial charge is 0.260 e. The summed E-state index contributed by atoms with van der Waals surface area (Å²) in [4.78, 5) is 30.1. The number of hydrogen-bond acceptors (Lipinski definition) is 2. The SMILES string of the molecule is Cc1cccc(CN(C(=O)c2ccc(C)[nH]c2=O)C2CCCCC2)c1. The van der Waals surface area contributed by atoms with Crippen LogP contribution in [0.4, 0.5) is 0 Å². The Balaban J connectivity index is 1.92. The summed E-state index contributed by atoms with van der Waals surface area (Å²) in [6.45, 7) is 4.43. The Labute approximate surface area is 148 Å². The van der Waals surface area contributed by atoms with Crippen LogP contribution in [-0.2, 0) is 6.54 Å². The molecule has 132 valence electrons. The summed E-state index contributed by atoms with van der Waals surface area (Å²) < 4.78 is 0. The highest BCUT2D eigenvalue weighted by Gasteiger charge is 2.27. The average Bonchev–Trinajstić information content (AvgIpc) is 2.60. The molecule has 1 heterocycles. The number of rotatable bonds is 4. The standard InChI is InChI=1S/C21H26N2O2/c1-15-7-6-8-17(13-15)14-23(18-9-4-3-5-10-18)21(25)19-12-11-16(2)22-20(19)24/h6-8,11-13,18H,3-5,9-10,14H2,1-2H3,(H,22,24). The molecule has 0 radical (unpaired) electrons. The number of carbonyl (C=O) groups excluding carboxylic acids is 1. The minimum absolute atomic E-state index is 0.158. The number of pyridine rings is 1. The molecule has 3 rings (SSSR count). The predicted octanol–water partition coefficient (Wildman–Crippen LogP) is 3.97. The third-order valence-electron chi connectivity index (χ3n) is 5.00. The first-order valence-corrected chi connectivity index (χ1v) is 9.11. The van der Waals surface area contributed by atoms with Gasteiger partial charge in [0.2, 0.25) is 0 Å². The van der Waals surface area contributed by atoms with Crippen LogP contribution in [0.25, 0.3) is 0 Å². The second kappa shape index (κ2) is 7.68. The van der Waals surface area contributed by atoms with Crippen molar-refractivity contribution in [1.82, 2.24) is 9.88 Å². The highest BCUT2D eigenvalue weighted by molar-refractivity contribution is 5.94. The lowest BCUT2D eigenvalue weighted by Gasteiger charge is -2.34. The number of aryl methyl sites for hydroxylation is 2. The van der Waals surface area contributed by atoms with Crippen molar-refractivity contribution in [2.24, 2.45) is 0 Å². The van der Waals surface area contributed by atoms with Crippen molar-refractivity contribution in [3.05, 3.63) is 69.1 Å². The summed E-state index contributed by atoms with van der Waals surface area (Å²) in [6.07, 6.45) is 5.55. The van der Waals surface area contributed by atoms with E-state index in [-0.39, 0.29) is 23.1 Å². The molecule has 1 N–H and O–H groups in total. The molecule has 1 aliphatic carbocycles. The Morgan fingerprint density at radius 2 is 1.88 bits per heavy atom. The molecular formula is C21H26N2O2. The van der Waals surface area contributed by atoms with Crippen LogP contribution in [0.15, 0.2) is 41.2 Å². The van der Waals surface area contributed by atoms with Crippen LogP contribution in [0, 0.1) is 13.8 Å². The van der Waals surface area contributed by atoms with Crippen LogP contribution in [0.5, 0.6) is 0 Å². The first-order valence-electron chi connectivity index (χ1n) is 9.11. The first kappa shape index (κ1) is 17.5. The van der Waals surface area contributed by atoms with E-state index < -0.39 is 0 Å². The van der Waals surface area contributed by atoms with Gasteiger partial charge in [0.05, 0.1) is 0 Å². The molecule has 1 aromatic carbocycles. The molecule has 1 aromatic heterocycles.